The minimum atomic E-state index is -0.787. The summed E-state index contributed by atoms with van der Waals surface area (Å²) < 4.78 is 5.68. The third-order valence-corrected chi connectivity index (χ3v) is 3.46. The fourth-order valence-corrected chi connectivity index (χ4v) is 2.04. The van der Waals surface area contributed by atoms with Crippen LogP contribution in [0.2, 0.25) is 0 Å². The SMILES string of the molecule is OC(c1cccc(OC2CC2)c1)C(O)C1CC1. The highest BCUT2D eigenvalue weighted by atomic mass is 16.5. The minimum absolute atomic E-state index is 0.276. The van der Waals surface area contributed by atoms with Crippen molar-refractivity contribution in [2.75, 3.05) is 0 Å². The molecule has 2 atom stereocenters. The van der Waals surface area contributed by atoms with Gasteiger partial charge in [0.1, 0.15) is 11.9 Å². The van der Waals surface area contributed by atoms with Crippen LogP contribution in [0.1, 0.15) is 37.4 Å². The summed E-state index contributed by atoms with van der Waals surface area (Å²) in [5.74, 6) is 1.07. The number of aliphatic hydroxyl groups excluding tert-OH is 2. The van der Waals surface area contributed by atoms with E-state index in [4.69, 9.17) is 4.74 Å². The van der Waals surface area contributed by atoms with E-state index in [1.54, 1.807) is 0 Å². The molecule has 2 N–H and O–H groups in total. The maximum atomic E-state index is 10.1. The highest BCUT2D eigenvalue weighted by Crippen LogP contribution is 2.38. The molecule has 0 amide bonds. The van der Waals surface area contributed by atoms with Crippen LogP contribution in [0.15, 0.2) is 24.3 Å². The van der Waals surface area contributed by atoms with Crippen molar-refractivity contribution in [3.63, 3.8) is 0 Å². The monoisotopic (exact) mass is 234 g/mol. The maximum Gasteiger partial charge on any atom is 0.120 e. The summed E-state index contributed by atoms with van der Waals surface area (Å²) in [6.07, 6.45) is 3.23. The molecule has 1 aromatic rings. The summed E-state index contributed by atoms with van der Waals surface area (Å²) in [4.78, 5) is 0. The van der Waals surface area contributed by atoms with Gasteiger partial charge >= 0.3 is 0 Å². The number of hydrogen-bond donors (Lipinski definition) is 2. The second-order valence-electron chi connectivity index (χ2n) is 5.16. The molecule has 0 aromatic heterocycles. The molecule has 0 aliphatic heterocycles. The highest BCUT2D eigenvalue weighted by molar-refractivity contribution is 5.31. The first-order valence-corrected chi connectivity index (χ1v) is 6.37. The summed E-state index contributed by atoms with van der Waals surface area (Å²) in [5.41, 5.74) is 0.752. The summed E-state index contributed by atoms with van der Waals surface area (Å²) in [6.45, 7) is 0. The van der Waals surface area contributed by atoms with Gasteiger partial charge in [0.05, 0.1) is 12.2 Å². The highest BCUT2D eigenvalue weighted by Gasteiger charge is 2.35. The van der Waals surface area contributed by atoms with Gasteiger partial charge in [0.25, 0.3) is 0 Å². The molecule has 0 heterocycles. The van der Waals surface area contributed by atoms with Crippen molar-refractivity contribution in [1.82, 2.24) is 0 Å². The van der Waals surface area contributed by atoms with E-state index < -0.39 is 12.2 Å². The van der Waals surface area contributed by atoms with Crippen LogP contribution in [0.4, 0.5) is 0 Å². The Kier molecular flexibility index (Phi) is 2.81. The van der Waals surface area contributed by atoms with Gasteiger partial charge in [-0.25, -0.2) is 0 Å². The van der Waals surface area contributed by atoms with Gasteiger partial charge < -0.3 is 14.9 Å². The van der Waals surface area contributed by atoms with Gasteiger partial charge in [-0.2, -0.15) is 0 Å². The van der Waals surface area contributed by atoms with Gasteiger partial charge in [-0.15, -0.1) is 0 Å². The van der Waals surface area contributed by atoms with Crippen LogP contribution in [0.5, 0.6) is 5.75 Å². The van der Waals surface area contributed by atoms with E-state index >= 15 is 0 Å². The van der Waals surface area contributed by atoms with Crippen molar-refractivity contribution in [3.05, 3.63) is 29.8 Å². The van der Waals surface area contributed by atoms with Gasteiger partial charge in [0.15, 0.2) is 0 Å². The first-order chi connectivity index (χ1) is 8.24. The molecule has 0 bridgehead atoms. The summed E-state index contributed by atoms with van der Waals surface area (Å²) in [5, 5.41) is 20.0. The smallest absolute Gasteiger partial charge is 0.120 e. The Morgan fingerprint density at radius 2 is 1.88 bits per heavy atom. The van der Waals surface area contributed by atoms with Crippen molar-refractivity contribution < 1.29 is 14.9 Å². The van der Waals surface area contributed by atoms with E-state index in [-0.39, 0.29) is 5.92 Å². The van der Waals surface area contributed by atoms with Crippen LogP contribution in [0.3, 0.4) is 0 Å². The molecule has 0 spiro atoms. The lowest BCUT2D eigenvalue weighted by Gasteiger charge is -2.18. The van der Waals surface area contributed by atoms with Gasteiger partial charge in [-0.1, -0.05) is 12.1 Å². The van der Waals surface area contributed by atoms with E-state index in [9.17, 15) is 10.2 Å². The molecule has 3 nitrogen and oxygen atoms in total. The van der Waals surface area contributed by atoms with E-state index in [0.717, 1.165) is 37.0 Å². The van der Waals surface area contributed by atoms with Crippen molar-refractivity contribution in [1.29, 1.82) is 0 Å². The van der Waals surface area contributed by atoms with Crippen molar-refractivity contribution in [2.45, 2.75) is 44.0 Å². The van der Waals surface area contributed by atoms with E-state index in [1.807, 2.05) is 24.3 Å². The lowest BCUT2D eigenvalue weighted by atomic mass is 10.0. The lowest BCUT2D eigenvalue weighted by Crippen LogP contribution is -2.20. The zero-order valence-electron chi connectivity index (χ0n) is 9.75. The molecule has 3 heteroatoms. The zero-order chi connectivity index (χ0) is 11.8. The predicted octanol–water partition coefficient (Wildman–Crippen LogP) is 2.03. The Morgan fingerprint density at radius 1 is 1.12 bits per heavy atom. The van der Waals surface area contributed by atoms with Crippen LogP contribution in [-0.2, 0) is 0 Å². The van der Waals surface area contributed by atoms with Gasteiger partial charge in [0, 0.05) is 0 Å². The van der Waals surface area contributed by atoms with E-state index in [1.165, 1.54) is 0 Å². The maximum absolute atomic E-state index is 10.1. The molecule has 3 rings (SSSR count). The molecule has 1 aromatic carbocycles. The Hall–Kier alpha value is -1.06. The third-order valence-electron chi connectivity index (χ3n) is 3.46. The number of hydrogen-bond acceptors (Lipinski definition) is 3. The molecule has 2 unspecified atom stereocenters. The van der Waals surface area contributed by atoms with Crippen molar-refractivity contribution in [2.24, 2.45) is 5.92 Å². The molecule has 2 saturated carbocycles. The van der Waals surface area contributed by atoms with Crippen molar-refractivity contribution in [3.8, 4) is 5.75 Å². The molecule has 92 valence electrons. The predicted molar refractivity (Wildman–Crippen MR) is 63.8 cm³/mol. The molecular weight excluding hydrogens is 216 g/mol. The van der Waals surface area contributed by atoms with Crippen LogP contribution in [0, 0.1) is 5.92 Å². The molecular formula is C14H18O3. The molecule has 2 fully saturated rings. The molecule has 0 saturated heterocycles. The number of aliphatic hydroxyl groups is 2. The lowest BCUT2D eigenvalue weighted by molar-refractivity contribution is 0.00472. The first kappa shape index (κ1) is 11.1. The molecule has 17 heavy (non-hydrogen) atoms. The van der Waals surface area contributed by atoms with Crippen molar-refractivity contribution >= 4 is 0 Å². The van der Waals surface area contributed by atoms with Crippen LogP contribution in [0.25, 0.3) is 0 Å². The second kappa shape index (κ2) is 4.31. The summed E-state index contributed by atoms with van der Waals surface area (Å²) >= 11 is 0. The van der Waals surface area contributed by atoms with Gasteiger partial charge in [-0.3, -0.25) is 0 Å². The average molecular weight is 234 g/mol. The number of ether oxygens (including phenoxy) is 1. The Balaban J connectivity index is 1.71. The summed E-state index contributed by atoms with van der Waals surface area (Å²) in [6, 6.07) is 7.46. The van der Waals surface area contributed by atoms with E-state index in [0.29, 0.717) is 6.10 Å². The minimum Gasteiger partial charge on any atom is -0.490 e. The summed E-state index contributed by atoms with van der Waals surface area (Å²) in [7, 11) is 0. The van der Waals surface area contributed by atoms with Gasteiger partial charge in [0.2, 0.25) is 0 Å². The average Bonchev–Trinajstić information content (AvgIpc) is 3.19. The standard InChI is InChI=1S/C14H18O3/c15-13(9-4-5-9)14(16)10-2-1-3-12(8-10)17-11-6-7-11/h1-3,8-9,11,13-16H,4-7H2. The second-order valence-corrected chi connectivity index (χ2v) is 5.16. The number of rotatable bonds is 5. The third kappa shape index (κ3) is 2.61. The largest absolute Gasteiger partial charge is 0.490 e. The fraction of sp³-hybridized carbons (Fsp3) is 0.571. The Morgan fingerprint density at radius 3 is 2.53 bits per heavy atom. The normalized spacial score (nSPS) is 23.2. The Bertz CT molecular complexity index is 396. The number of benzene rings is 1. The zero-order valence-corrected chi connectivity index (χ0v) is 9.75. The van der Waals surface area contributed by atoms with E-state index in [2.05, 4.69) is 0 Å². The molecule has 2 aliphatic carbocycles. The first-order valence-electron chi connectivity index (χ1n) is 6.37. The quantitative estimate of drug-likeness (QED) is 0.819. The molecule has 2 aliphatic rings. The molecule has 0 radical (unpaired) electrons. The van der Waals surface area contributed by atoms with Crippen LogP contribution >= 0.6 is 0 Å². The van der Waals surface area contributed by atoms with Gasteiger partial charge in [-0.05, 0) is 49.3 Å². The fourth-order valence-electron chi connectivity index (χ4n) is 2.04. The Labute approximate surface area is 101 Å². The van der Waals surface area contributed by atoms with Crippen LogP contribution in [-0.4, -0.2) is 22.4 Å². The van der Waals surface area contributed by atoms with Crippen LogP contribution < -0.4 is 4.74 Å². The topological polar surface area (TPSA) is 49.7 Å².